The van der Waals surface area contributed by atoms with E-state index in [4.69, 9.17) is 4.74 Å². The molecule has 0 saturated carbocycles. The van der Waals surface area contributed by atoms with Crippen LogP contribution in [0.5, 0.6) is 0 Å². The summed E-state index contributed by atoms with van der Waals surface area (Å²) in [6.07, 6.45) is 8.30. The Morgan fingerprint density at radius 2 is 2.14 bits per heavy atom. The maximum Gasteiger partial charge on any atom is 0.120 e. The topological polar surface area (TPSA) is 53.2 Å². The fraction of sp³-hybridized carbons (Fsp3) is 0.786. The zero-order chi connectivity index (χ0) is 13.1. The predicted octanol–water partition coefficient (Wildman–Crippen LogP) is 1.99. The molecule has 5 nitrogen and oxygen atoms in total. The second-order valence-electron chi connectivity index (χ2n) is 5.88. The summed E-state index contributed by atoms with van der Waals surface area (Å²) in [5, 5.41) is 3.43. The molecular formula is C14H26Cl2N4O. The minimum Gasteiger partial charge on any atom is -0.375 e. The molecule has 3 rings (SSSR count). The number of nitrogens with zero attached hydrogens (tertiary/aromatic N) is 2. The van der Waals surface area contributed by atoms with Crippen molar-refractivity contribution in [3.05, 3.63) is 18.2 Å². The van der Waals surface area contributed by atoms with E-state index < -0.39 is 0 Å². The number of rotatable bonds is 3. The van der Waals surface area contributed by atoms with Crippen molar-refractivity contribution in [1.29, 1.82) is 0 Å². The van der Waals surface area contributed by atoms with Gasteiger partial charge in [-0.25, -0.2) is 4.98 Å². The molecule has 0 bridgehead atoms. The van der Waals surface area contributed by atoms with Gasteiger partial charge in [-0.15, -0.1) is 24.8 Å². The standard InChI is InChI=1S/C14H24N4O.2ClH/c1-18(11-13-16-7-8-17-13)12-2-9-19-14(10-12)3-5-15-6-4-14;;/h7-8,12,15H,2-6,9-11H2,1H3,(H,16,17);2*1H. The molecule has 2 aliphatic rings. The number of hydrogen-bond donors (Lipinski definition) is 2. The summed E-state index contributed by atoms with van der Waals surface area (Å²) in [4.78, 5) is 9.92. The lowest BCUT2D eigenvalue weighted by Gasteiger charge is -2.45. The van der Waals surface area contributed by atoms with E-state index >= 15 is 0 Å². The molecule has 0 aromatic carbocycles. The molecule has 3 heterocycles. The minimum atomic E-state index is 0. The predicted molar refractivity (Wildman–Crippen MR) is 88.4 cm³/mol. The van der Waals surface area contributed by atoms with Gasteiger partial charge in [-0.2, -0.15) is 0 Å². The van der Waals surface area contributed by atoms with Crippen LogP contribution in [-0.2, 0) is 11.3 Å². The molecule has 21 heavy (non-hydrogen) atoms. The average Bonchev–Trinajstić information content (AvgIpc) is 2.92. The number of ether oxygens (including phenoxy) is 1. The summed E-state index contributed by atoms with van der Waals surface area (Å²) in [5.74, 6) is 1.05. The van der Waals surface area contributed by atoms with Crippen LogP contribution in [0, 0.1) is 0 Å². The minimum absolute atomic E-state index is 0. The van der Waals surface area contributed by atoms with Crippen LogP contribution in [0.15, 0.2) is 12.4 Å². The quantitative estimate of drug-likeness (QED) is 0.886. The van der Waals surface area contributed by atoms with Gasteiger partial charge in [0.05, 0.1) is 12.1 Å². The van der Waals surface area contributed by atoms with Crippen LogP contribution < -0.4 is 5.32 Å². The van der Waals surface area contributed by atoms with Crippen molar-refractivity contribution in [2.24, 2.45) is 0 Å². The Balaban J connectivity index is 0.00000110. The van der Waals surface area contributed by atoms with E-state index in [2.05, 4.69) is 27.2 Å². The van der Waals surface area contributed by atoms with Gasteiger partial charge in [0.25, 0.3) is 0 Å². The Bertz CT molecular complexity index is 390. The molecule has 0 aliphatic carbocycles. The average molecular weight is 337 g/mol. The SMILES string of the molecule is CN(Cc1ncc[nH]1)C1CCOC2(CCNCC2)C1.Cl.Cl. The van der Waals surface area contributed by atoms with Gasteiger partial charge in [0.2, 0.25) is 0 Å². The Morgan fingerprint density at radius 3 is 2.81 bits per heavy atom. The first-order valence-electron chi connectivity index (χ1n) is 7.31. The van der Waals surface area contributed by atoms with E-state index in [0.29, 0.717) is 6.04 Å². The van der Waals surface area contributed by atoms with Crippen molar-refractivity contribution in [2.75, 3.05) is 26.7 Å². The number of hydrogen-bond acceptors (Lipinski definition) is 4. The van der Waals surface area contributed by atoms with Crippen LogP contribution in [0.4, 0.5) is 0 Å². The zero-order valence-corrected chi connectivity index (χ0v) is 14.1. The van der Waals surface area contributed by atoms with E-state index in [-0.39, 0.29) is 30.4 Å². The van der Waals surface area contributed by atoms with Gasteiger partial charge in [0.15, 0.2) is 0 Å². The lowest BCUT2D eigenvalue weighted by molar-refractivity contribution is -0.119. The van der Waals surface area contributed by atoms with Gasteiger partial charge in [0.1, 0.15) is 5.82 Å². The molecule has 1 aromatic rings. The van der Waals surface area contributed by atoms with E-state index in [1.54, 1.807) is 0 Å². The molecule has 2 N–H and O–H groups in total. The van der Waals surface area contributed by atoms with Crippen LogP contribution in [-0.4, -0.2) is 53.3 Å². The first-order chi connectivity index (χ1) is 9.27. The number of nitrogens with one attached hydrogen (secondary N) is 2. The van der Waals surface area contributed by atoms with E-state index in [0.717, 1.165) is 57.7 Å². The number of halogens is 2. The van der Waals surface area contributed by atoms with Crippen LogP contribution in [0.1, 0.15) is 31.5 Å². The van der Waals surface area contributed by atoms with E-state index in [9.17, 15) is 0 Å². The Hall–Kier alpha value is -0.330. The first kappa shape index (κ1) is 18.7. The summed E-state index contributed by atoms with van der Waals surface area (Å²) in [7, 11) is 2.20. The highest BCUT2D eigenvalue weighted by Crippen LogP contribution is 2.34. The van der Waals surface area contributed by atoms with Crippen molar-refractivity contribution < 1.29 is 4.74 Å². The van der Waals surface area contributed by atoms with Gasteiger partial charge in [-0.05, 0) is 45.8 Å². The third kappa shape index (κ3) is 4.57. The van der Waals surface area contributed by atoms with Gasteiger partial charge in [0, 0.05) is 25.0 Å². The molecular weight excluding hydrogens is 311 g/mol. The summed E-state index contributed by atoms with van der Waals surface area (Å²) in [6.45, 7) is 3.97. The molecule has 2 saturated heterocycles. The van der Waals surface area contributed by atoms with Crippen molar-refractivity contribution in [1.82, 2.24) is 20.2 Å². The molecule has 122 valence electrons. The largest absolute Gasteiger partial charge is 0.375 e. The highest BCUT2D eigenvalue weighted by molar-refractivity contribution is 5.85. The number of piperidine rings is 1. The molecule has 2 fully saturated rings. The molecule has 1 atom stereocenters. The molecule has 0 radical (unpaired) electrons. The maximum atomic E-state index is 6.13. The van der Waals surface area contributed by atoms with Crippen molar-refractivity contribution in [3.8, 4) is 0 Å². The Labute approximate surface area is 139 Å². The monoisotopic (exact) mass is 336 g/mol. The fourth-order valence-corrected chi connectivity index (χ4v) is 3.36. The molecule has 2 aliphatic heterocycles. The number of aromatic nitrogens is 2. The highest BCUT2D eigenvalue weighted by Gasteiger charge is 2.39. The van der Waals surface area contributed by atoms with Gasteiger partial charge < -0.3 is 15.0 Å². The van der Waals surface area contributed by atoms with Crippen LogP contribution >= 0.6 is 24.8 Å². The molecule has 1 aromatic heterocycles. The highest BCUT2D eigenvalue weighted by atomic mass is 35.5. The van der Waals surface area contributed by atoms with Crippen LogP contribution in [0.25, 0.3) is 0 Å². The zero-order valence-electron chi connectivity index (χ0n) is 12.5. The van der Waals surface area contributed by atoms with Gasteiger partial charge >= 0.3 is 0 Å². The number of aromatic amines is 1. The smallest absolute Gasteiger partial charge is 0.120 e. The molecule has 1 spiro atoms. The number of imidazole rings is 1. The Morgan fingerprint density at radius 1 is 1.38 bits per heavy atom. The maximum absolute atomic E-state index is 6.13. The molecule has 7 heteroatoms. The van der Waals surface area contributed by atoms with Gasteiger partial charge in [-0.3, -0.25) is 4.90 Å². The normalized spacial score (nSPS) is 24.4. The van der Waals surface area contributed by atoms with Crippen molar-refractivity contribution in [2.45, 2.75) is 43.9 Å². The third-order valence-electron chi connectivity index (χ3n) is 4.56. The second-order valence-corrected chi connectivity index (χ2v) is 5.88. The van der Waals surface area contributed by atoms with E-state index in [1.807, 2.05) is 12.4 Å². The summed E-state index contributed by atoms with van der Waals surface area (Å²) in [5.41, 5.74) is 0.131. The Kier molecular flexibility index (Phi) is 7.44. The summed E-state index contributed by atoms with van der Waals surface area (Å²) < 4.78 is 6.13. The molecule has 0 amide bonds. The van der Waals surface area contributed by atoms with Crippen LogP contribution in [0.2, 0.25) is 0 Å². The molecule has 1 unspecified atom stereocenters. The van der Waals surface area contributed by atoms with Crippen molar-refractivity contribution in [3.63, 3.8) is 0 Å². The first-order valence-corrected chi connectivity index (χ1v) is 7.31. The third-order valence-corrected chi connectivity index (χ3v) is 4.56. The van der Waals surface area contributed by atoms with Crippen molar-refractivity contribution >= 4 is 24.8 Å². The van der Waals surface area contributed by atoms with Crippen LogP contribution in [0.3, 0.4) is 0 Å². The fourth-order valence-electron chi connectivity index (χ4n) is 3.36. The second kappa shape index (κ2) is 8.34. The van der Waals surface area contributed by atoms with Gasteiger partial charge in [-0.1, -0.05) is 0 Å². The lowest BCUT2D eigenvalue weighted by atomic mass is 9.82. The van der Waals surface area contributed by atoms with E-state index in [1.165, 1.54) is 0 Å². The number of H-pyrrole nitrogens is 1. The summed E-state index contributed by atoms with van der Waals surface area (Å²) >= 11 is 0. The summed E-state index contributed by atoms with van der Waals surface area (Å²) in [6, 6.07) is 0.608. The lowest BCUT2D eigenvalue weighted by Crippen LogP contribution is -2.52.